The number of halogens is 1. The fraction of sp³-hybridized carbons (Fsp3) is 0.333. The summed E-state index contributed by atoms with van der Waals surface area (Å²) < 4.78 is 5.03. The van der Waals surface area contributed by atoms with Crippen molar-refractivity contribution in [2.24, 2.45) is 0 Å². The highest BCUT2D eigenvalue weighted by Gasteiger charge is 2.12. The summed E-state index contributed by atoms with van der Waals surface area (Å²) in [5.41, 5.74) is 1.11. The van der Waals surface area contributed by atoms with Gasteiger partial charge in [0.25, 0.3) is 0 Å². The van der Waals surface area contributed by atoms with Crippen molar-refractivity contribution in [2.45, 2.75) is 12.5 Å². The molecule has 0 aliphatic carbocycles. The van der Waals surface area contributed by atoms with Gasteiger partial charge in [-0.15, -0.1) is 0 Å². The Labute approximate surface area is 110 Å². The lowest BCUT2D eigenvalue weighted by atomic mass is 10.2. The fourth-order valence-corrected chi connectivity index (χ4v) is 1.63. The number of aliphatic carboxylic acids is 1. The molecule has 0 aliphatic rings. The van der Waals surface area contributed by atoms with Gasteiger partial charge in [-0.25, -0.2) is 0 Å². The molecular formula is C12H13ClN2O3. The molecule has 0 radical (unpaired) electrons. The SMILES string of the molecule is COC(CNc1ccc(C#N)cc1Cl)CC(=O)O. The van der Waals surface area contributed by atoms with Gasteiger partial charge in [0.15, 0.2) is 0 Å². The molecular weight excluding hydrogens is 256 g/mol. The quantitative estimate of drug-likeness (QED) is 0.826. The molecule has 0 spiro atoms. The van der Waals surface area contributed by atoms with E-state index in [9.17, 15) is 4.79 Å². The monoisotopic (exact) mass is 268 g/mol. The number of hydrogen-bond acceptors (Lipinski definition) is 4. The Hall–Kier alpha value is -1.77. The van der Waals surface area contributed by atoms with Crippen molar-refractivity contribution < 1.29 is 14.6 Å². The van der Waals surface area contributed by atoms with Crippen molar-refractivity contribution in [3.8, 4) is 6.07 Å². The maximum absolute atomic E-state index is 10.6. The van der Waals surface area contributed by atoms with Crippen LogP contribution in [0.2, 0.25) is 5.02 Å². The molecule has 0 saturated heterocycles. The van der Waals surface area contributed by atoms with E-state index in [1.54, 1.807) is 18.2 Å². The third kappa shape index (κ3) is 4.24. The molecule has 0 aliphatic heterocycles. The van der Waals surface area contributed by atoms with E-state index in [1.165, 1.54) is 7.11 Å². The summed E-state index contributed by atoms with van der Waals surface area (Å²) >= 11 is 5.97. The van der Waals surface area contributed by atoms with Gasteiger partial charge in [-0.1, -0.05) is 11.6 Å². The Kier molecular flexibility index (Phi) is 5.43. The average molecular weight is 269 g/mol. The van der Waals surface area contributed by atoms with Crippen LogP contribution in [0.3, 0.4) is 0 Å². The smallest absolute Gasteiger partial charge is 0.306 e. The first-order chi connectivity index (χ1) is 8.56. The third-order valence-corrected chi connectivity index (χ3v) is 2.67. The molecule has 1 unspecified atom stereocenters. The minimum Gasteiger partial charge on any atom is -0.481 e. The number of nitriles is 1. The van der Waals surface area contributed by atoms with Crippen LogP contribution < -0.4 is 5.32 Å². The van der Waals surface area contributed by atoms with Gasteiger partial charge in [-0.3, -0.25) is 4.79 Å². The van der Waals surface area contributed by atoms with E-state index < -0.39 is 12.1 Å². The number of methoxy groups -OCH3 is 1. The molecule has 0 amide bonds. The minimum atomic E-state index is -0.922. The molecule has 2 N–H and O–H groups in total. The fourth-order valence-electron chi connectivity index (χ4n) is 1.39. The van der Waals surface area contributed by atoms with E-state index in [2.05, 4.69) is 5.32 Å². The molecule has 0 bridgehead atoms. The van der Waals surface area contributed by atoms with Crippen LogP contribution in [0.1, 0.15) is 12.0 Å². The van der Waals surface area contributed by atoms with Crippen LogP contribution >= 0.6 is 11.6 Å². The number of benzene rings is 1. The highest BCUT2D eigenvalue weighted by Crippen LogP contribution is 2.22. The van der Waals surface area contributed by atoms with Crippen molar-refractivity contribution in [3.63, 3.8) is 0 Å². The Balaban J connectivity index is 2.62. The van der Waals surface area contributed by atoms with Gasteiger partial charge in [0.2, 0.25) is 0 Å². The number of nitrogens with zero attached hydrogens (tertiary/aromatic N) is 1. The van der Waals surface area contributed by atoms with Crippen molar-refractivity contribution in [1.82, 2.24) is 0 Å². The normalized spacial score (nSPS) is 11.6. The molecule has 0 aromatic heterocycles. The van der Waals surface area contributed by atoms with Gasteiger partial charge in [0.1, 0.15) is 0 Å². The number of anilines is 1. The van der Waals surface area contributed by atoms with Crippen LogP contribution in [0.15, 0.2) is 18.2 Å². The van der Waals surface area contributed by atoms with Crippen LogP contribution in [0.25, 0.3) is 0 Å². The van der Waals surface area contributed by atoms with Gasteiger partial charge in [0.05, 0.1) is 34.9 Å². The molecule has 1 aromatic carbocycles. The second kappa shape index (κ2) is 6.84. The number of rotatable bonds is 6. The standard InChI is InChI=1S/C12H13ClN2O3/c1-18-9(5-12(16)17)7-15-11-3-2-8(6-14)4-10(11)13/h2-4,9,15H,5,7H2,1H3,(H,16,17). The van der Waals surface area contributed by atoms with Crippen LogP contribution in [-0.2, 0) is 9.53 Å². The number of carboxylic acids is 1. The summed E-state index contributed by atoms with van der Waals surface area (Å²) in [5, 5.41) is 20.8. The van der Waals surface area contributed by atoms with Gasteiger partial charge < -0.3 is 15.2 Å². The number of ether oxygens (including phenoxy) is 1. The van der Waals surface area contributed by atoms with E-state index >= 15 is 0 Å². The first-order valence-electron chi connectivity index (χ1n) is 5.25. The molecule has 1 rings (SSSR count). The van der Waals surface area contributed by atoms with E-state index in [0.717, 1.165) is 0 Å². The average Bonchev–Trinajstić information content (AvgIpc) is 2.35. The number of nitrogens with one attached hydrogen (secondary N) is 1. The maximum atomic E-state index is 10.6. The summed E-state index contributed by atoms with van der Waals surface area (Å²) in [6, 6.07) is 6.83. The summed E-state index contributed by atoms with van der Waals surface area (Å²) in [6.45, 7) is 0.328. The van der Waals surface area contributed by atoms with Gasteiger partial charge >= 0.3 is 5.97 Å². The van der Waals surface area contributed by atoms with E-state index in [-0.39, 0.29) is 6.42 Å². The number of carbonyl (C=O) groups is 1. The van der Waals surface area contributed by atoms with E-state index in [0.29, 0.717) is 22.8 Å². The highest BCUT2D eigenvalue weighted by atomic mass is 35.5. The van der Waals surface area contributed by atoms with Crippen molar-refractivity contribution in [3.05, 3.63) is 28.8 Å². The predicted octanol–water partition coefficient (Wildman–Crippen LogP) is 2.11. The first kappa shape index (κ1) is 14.3. The molecule has 0 fully saturated rings. The highest BCUT2D eigenvalue weighted by molar-refractivity contribution is 6.33. The lowest BCUT2D eigenvalue weighted by Gasteiger charge is -2.15. The van der Waals surface area contributed by atoms with Crippen molar-refractivity contribution in [1.29, 1.82) is 5.26 Å². The third-order valence-electron chi connectivity index (χ3n) is 2.35. The maximum Gasteiger partial charge on any atom is 0.306 e. The van der Waals surface area contributed by atoms with Gasteiger partial charge in [-0.05, 0) is 18.2 Å². The Morgan fingerprint density at radius 2 is 2.39 bits per heavy atom. The molecule has 5 nitrogen and oxygen atoms in total. The molecule has 1 aromatic rings. The van der Waals surface area contributed by atoms with Crippen LogP contribution in [0.5, 0.6) is 0 Å². The van der Waals surface area contributed by atoms with Crippen LogP contribution in [0.4, 0.5) is 5.69 Å². The zero-order valence-electron chi connectivity index (χ0n) is 9.81. The van der Waals surface area contributed by atoms with Crippen molar-refractivity contribution >= 4 is 23.3 Å². The molecule has 18 heavy (non-hydrogen) atoms. The minimum absolute atomic E-state index is 0.0859. The number of hydrogen-bond donors (Lipinski definition) is 2. The Morgan fingerprint density at radius 3 is 2.89 bits per heavy atom. The topological polar surface area (TPSA) is 82.3 Å². The lowest BCUT2D eigenvalue weighted by Crippen LogP contribution is -2.25. The molecule has 0 saturated carbocycles. The summed E-state index contributed by atoms with van der Waals surface area (Å²) in [4.78, 5) is 10.6. The van der Waals surface area contributed by atoms with Crippen LogP contribution in [0, 0.1) is 11.3 Å². The van der Waals surface area contributed by atoms with Crippen LogP contribution in [-0.4, -0.2) is 30.8 Å². The molecule has 1 atom stereocenters. The Bertz CT molecular complexity index is 471. The first-order valence-corrected chi connectivity index (χ1v) is 5.62. The largest absolute Gasteiger partial charge is 0.481 e. The lowest BCUT2D eigenvalue weighted by molar-refractivity contribution is -0.139. The zero-order chi connectivity index (χ0) is 13.5. The predicted molar refractivity (Wildman–Crippen MR) is 67.7 cm³/mol. The van der Waals surface area contributed by atoms with Gasteiger partial charge in [0, 0.05) is 13.7 Å². The van der Waals surface area contributed by atoms with Crippen molar-refractivity contribution in [2.75, 3.05) is 19.0 Å². The molecule has 6 heteroatoms. The van der Waals surface area contributed by atoms with Gasteiger partial charge in [-0.2, -0.15) is 5.26 Å². The summed E-state index contributed by atoms with van der Waals surface area (Å²) in [5.74, 6) is -0.922. The molecule has 96 valence electrons. The summed E-state index contributed by atoms with van der Waals surface area (Å²) in [6.07, 6.45) is -0.522. The second-order valence-electron chi connectivity index (χ2n) is 3.64. The summed E-state index contributed by atoms with van der Waals surface area (Å²) in [7, 11) is 1.45. The Morgan fingerprint density at radius 1 is 1.67 bits per heavy atom. The zero-order valence-corrected chi connectivity index (χ0v) is 10.6. The van der Waals surface area contributed by atoms with E-state index in [4.69, 9.17) is 26.7 Å². The molecule has 0 heterocycles. The van der Waals surface area contributed by atoms with E-state index in [1.807, 2.05) is 6.07 Å². The second-order valence-corrected chi connectivity index (χ2v) is 4.05. The number of carboxylic acid groups (broad SMARTS) is 1.